The van der Waals surface area contributed by atoms with Crippen LogP contribution in [0.25, 0.3) is 10.9 Å². The van der Waals surface area contributed by atoms with Crippen LogP contribution >= 0.6 is 11.6 Å². The largest absolute Gasteiger partial charge is 0.481 e. The molecule has 1 saturated carbocycles. The van der Waals surface area contributed by atoms with Crippen LogP contribution in [0.3, 0.4) is 0 Å². The van der Waals surface area contributed by atoms with Crippen molar-refractivity contribution in [2.24, 2.45) is 5.41 Å². The number of carboxylic acid groups (broad SMARTS) is 1. The van der Waals surface area contributed by atoms with E-state index in [0.29, 0.717) is 36.4 Å². The zero-order chi connectivity index (χ0) is 20.2. The quantitative estimate of drug-likeness (QED) is 0.678. The minimum Gasteiger partial charge on any atom is -0.481 e. The number of nitrogens with one attached hydrogen (secondary N) is 1. The number of aliphatic carboxylic acids is 1. The summed E-state index contributed by atoms with van der Waals surface area (Å²) in [6.45, 7) is 0.458. The summed E-state index contributed by atoms with van der Waals surface area (Å²) in [6.07, 6.45) is 5.76. The summed E-state index contributed by atoms with van der Waals surface area (Å²) in [5.41, 5.74) is 2.31. The van der Waals surface area contributed by atoms with Crippen molar-refractivity contribution in [2.45, 2.75) is 31.7 Å². The van der Waals surface area contributed by atoms with Crippen molar-refractivity contribution in [1.29, 1.82) is 0 Å². The number of carbonyl (C=O) groups is 2. The Morgan fingerprint density at radius 3 is 2.76 bits per heavy atom. The second-order valence-corrected chi connectivity index (χ2v) is 8.35. The number of halogens is 1. The fourth-order valence-electron chi connectivity index (χ4n) is 4.87. The molecule has 2 aromatic heterocycles. The van der Waals surface area contributed by atoms with Gasteiger partial charge in [0.2, 0.25) is 0 Å². The molecule has 0 spiro atoms. The Labute approximate surface area is 172 Å². The first-order valence-electron chi connectivity index (χ1n) is 9.76. The predicted molar refractivity (Wildman–Crippen MR) is 109 cm³/mol. The molecule has 148 valence electrons. The fourth-order valence-corrected chi connectivity index (χ4v) is 5.04. The molecular weight excluding hydrogens is 390 g/mol. The SMILES string of the molecule is O=C(c1cccnc1)N1CCc2c([nH]c3ccc(Cl)cc23)C1C1(C(=O)O)CCC1. The van der Waals surface area contributed by atoms with E-state index in [0.717, 1.165) is 28.6 Å². The van der Waals surface area contributed by atoms with Gasteiger partial charge in [0.05, 0.1) is 17.0 Å². The topological polar surface area (TPSA) is 86.3 Å². The lowest BCUT2D eigenvalue weighted by Crippen LogP contribution is -2.54. The minimum absolute atomic E-state index is 0.182. The number of fused-ring (bicyclic) bond motifs is 3. The molecule has 2 N–H and O–H groups in total. The van der Waals surface area contributed by atoms with E-state index >= 15 is 0 Å². The lowest BCUT2D eigenvalue weighted by Gasteiger charge is -2.50. The normalized spacial score (nSPS) is 20.2. The van der Waals surface area contributed by atoms with Gasteiger partial charge in [-0.25, -0.2) is 0 Å². The molecule has 29 heavy (non-hydrogen) atoms. The van der Waals surface area contributed by atoms with Gasteiger partial charge in [-0.3, -0.25) is 14.6 Å². The van der Waals surface area contributed by atoms with Crippen molar-refractivity contribution in [2.75, 3.05) is 6.54 Å². The highest BCUT2D eigenvalue weighted by Crippen LogP contribution is 2.55. The molecule has 5 rings (SSSR count). The van der Waals surface area contributed by atoms with Gasteiger partial charge in [0.15, 0.2) is 0 Å². The van der Waals surface area contributed by atoms with Crippen LogP contribution < -0.4 is 0 Å². The highest BCUT2D eigenvalue weighted by molar-refractivity contribution is 6.31. The number of hydrogen-bond acceptors (Lipinski definition) is 3. The van der Waals surface area contributed by atoms with Crippen LogP contribution in [0.5, 0.6) is 0 Å². The number of carboxylic acids is 1. The molecule has 3 aromatic rings. The smallest absolute Gasteiger partial charge is 0.312 e. The third-order valence-electron chi connectivity index (χ3n) is 6.45. The van der Waals surface area contributed by atoms with E-state index in [1.165, 1.54) is 6.20 Å². The van der Waals surface area contributed by atoms with Crippen molar-refractivity contribution < 1.29 is 14.7 Å². The molecule has 1 atom stereocenters. The Bertz CT molecular complexity index is 1120. The van der Waals surface area contributed by atoms with Gasteiger partial charge in [0.1, 0.15) is 0 Å². The van der Waals surface area contributed by atoms with Crippen LogP contribution in [0.1, 0.15) is 46.9 Å². The van der Waals surface area contributed by atoms with E-state index < -0.39 is 17.4 Å². The molecule has 0 saturated heterocycles. The number of benzene rings is 1. The molecule has 1 fully saturated rings. The molecule has 1 amide bonds. The third kappa shape index (κ3) is 2.66. The van der Waals surface area contributed by atoms with Crippen LogP contribution in [0.15, 0.2) is 42.7 Å². The molecule has 1 aliphatic carbocycles. The van der Waals surface area contributed by atoms with E-state index in [4.69, 9.17) is 11.6 Å². The Kier molecular flexibility index (Phi) is 4.13. The van der Waals surface area contributed by atoms with Crippen molar-refractivity contribution >= 4 is 34.4 Å². The van der Waals surface area contributed by atoms with Gasteiger partial charge in [0.25, 0.3) is 5.91 Å². The first kappa shape index (κ1) is 18.2. The zero-order valence-electron chi connectivity index (χ0n) is 15.7. The fraction of sp³-hybridized carbons (Fsp3) is 0.318. The van der Waals surface area contributed by atoms with E-state index in [-0.39, 0.29) is 5.91 Å². The Morgan fingerprint density at radius 1 is 1.28 bits per heavy atom. The monoisotopic (exact) mass is 409 g/mol. The number of H-pyrrole nitrogens is 1. The number of aromatic nitrogens is 2. The molecule has 3 heterocycles. The van der Waals surface area contributed by atoms with Crippen molar-refractivity contribution in [3.63, 3.8) is 0 Å². The van der Waals surface area contributed by atoms with Crippen LogP contribution in [-0.4, -0.2) is 38.4 Å². The third-order valence-corrected chi connectivity index (χ3v) is 6.69. The summed E-state index contributed by atoms with van der Waals surface area (Å²) in [4.78, 5) is 35.0. The number of nitrogens with zero attached hydrogens (tertiary/aromatic N) is 2. The zero-order valence-corrected chi connectivity index (χ0v) is 16.4. The molecule has 0 radical (unpaired) electrons. The number of hydrogen-bond donors (Lipinski definition) is 2. The van der Waals surface area contributed by atoms with Gasteiger partial charge in [-0.15, -0.1) is 0 Å². The summed E-state index contributed by atoms with van der Waals surface area (Å²) >= 11 is 6.21. The lowest BCUT2D eigenvalue weighted by atomic mass is 9.61. The Hall–Kier alpha value is -2.86. The highest BCUT2D eigenvalue weighted by Gasteiger charge is 2.56. The molecule has 2 aliphatic rings. The van der Waals surface area contributed by atoms with E-state index in [1.807, 2.05) is 18.2 Å². The van der Waals surface area contributed by atoms with Gasteiger partial charge in [0, 0.05) is 40.6 Å². The second kappa shape index (κ2) is 6.59. The van der Waals surface area contributed by atoms with Crippen LogP contribution in [0.2, 0.25) is 5.02 Å². The summed E-state index contributed by atoms with van der Waals surface area (Å²) in [6, 6.07) is 8.54. The number of rotatable bonds is 3. The van der Waals surface area contributed by atoms with Gasteiger partial charge in [-0.2, -0.15) is 0 Å². The Balaban J connectivity index is 1.69. The average Bonchev–Trinajstić information content (AvgIpc) is 3.05. The number of carbonyl (C=O) groups excluding carboxylic acids is 1. The number of amides is 1. The van der Waals surface area contributed by atoms with Crippen molar-refractivity contribution in [3.8, 4) is 0 Å². The van der Waals surface area contributed by atoms with E-state index in [1.54, 1.807) is 23.2 Å². The van der Waals surface area contributed by atoms with Gasteiger partial charge in [-0.1, -0.05) is 18.0 Å². The number of pyridine rings is 1. The van der Waals surface area contributed by atoms with Crippen molar-refractivity contribution in [1.82, 2.24) is 14.9 Å². The van der Waals surface area contributed by atoms with Gasteiger partial charge in [-0.05, 0) is 55.2 Å². The molecule has 1 aliphatic heterocycles. The molecule has 1 unspecified atom stereocenters. The first-order chi connectivity index (χ1) is 14.0. The van der Waals surface area contributed by atoms with Crippen molar-refractivity contribution in [3.05, 3.63) is 64.6 Å². The summed E-state index contributed by atoms with van der Waals surface area (Å²) in [5.74, 6) is -1.03. The van der Waals surface area contributed by atoms with E-state index in [9.17, 15) is 14.7 Å². The number of aromatic amines is 1. The standard InChI is InChI=1S/C22H20ClN3O3/c23-14-4-5-17-16(11-14)15-6-10-26(20(27)13-3-1-9-24-12-13)19(18(15)25-17)22(21(28)29)7-2-8-22/h1,3-5,9,11-12,19,25H,2,6-8,10H2,(H,28,29). The average molecular weight is 410 g/mol. The Morgan fingerprint density at radius 2 is 2.10 bits per heavy atom. The molecule has 6 nitrogen and oxygen atoms in total. The van der Waals surface area contributed by atoms with Gasteiger partial charge < -0.3 is 15.0 Å². The first-order valence-corrected chi connectivity index (χ1v) is 10.1. The molecule has 1 aromatic carbocycles. The maximum Gasteiger partial charge on any atom is 0.312 e. The molecule has 0 bridgehead atoms. The summed E-state index contributed by atoms with van der Waals surface area (Å²) in [7, 11) is 0. The van der Waals surface area contributed by atoms with Crippen LogP contribution in [-0.2, 0) is 11.2 Å². The van der Waals surface area contributed by atoms with Crippen LogP contribution in [0, 0.1) is 5.41 Å². The van der Waals surface area contributed by atoms with Crippen LogP contribution in [0.4, 0.5) is 0 Å². The maximum atomic E-state index is 13.4. The molecular formula is C22H20ClN3O3. The highest BCUT2D eigenvalue weighted by atomic mass is 35.5. The lowest BCUT2D eigenvalue weighted by molar-refractivity contribution is -0.161. The second-order valence-electron chi connectivity index (χ2n) is 7.91. The minimum atomic E-state index is -0.974. The maximum absolute atomic E-state index is 13.4. The summed E-state index contributed by atoms with van der Waals surface area (Å²) in [5, 5.41) is 11.8. The summed E-state index contributed by atoms with van der Waals surface area (Å²) < 4.78 is 0. The van der Waals surface area contributed by atoms with E-state index in [2.05, 4.69) is 9.97 Å². The predicted octanol–water partition coefficient (Wildman–Crippen LogP) is 4.21. The van der Waals surface area contributed by atoms with Gasteiger partial charge >= 0.3 is 5.97 Å². The molecule has 7 heteroatoms.